The lowest BCUT2D eigenvalue weighted by atomic mass is 10.2. The molecule has 0 fully saturated rings. The van der Waals surface area contributed by atoms with Gasteiger partial charge < -0.3 is 19.6 Å². The van der Waals surface area contributed by atoms with Crippen LogP contribution in [0.4, 0.5) is 0 Å². The number of fused-ring (bicyclic) bond motifs is 1. The molecule has 3 aromatic carbocycles. The summed E-state index contributed by atoms with van der Waals surface area (Å²) in [6, 6.07) is 16.3. The van der Waals surface area contributed by atoms with Crippen LogP contribution in [0.2, 0.25) is 10.0 Å². The highest BCUT2D eigenvalue weighted by atomic mass is 127. The van der Waals surface area contributed by atoms with Crippen LogP contribution >= 0.6 is 57.6 Å². The zero-order valence-electron chi connectivity index (χ0n) is 17.6. The molecule has 0 unspecified atom stereocenters. The average Bonchev–Trinajstić information content (AvgIpc) is 3.21. The molecule has 0 aliphatic rings. The number of hydrogen-bond donors (Lipinski definition) is 2. The van der Waals surface area contributed by atoms with Gasteiger partial charge in [-0.15, -0.1) is 0 Å². The Bertz CT molecular complexity index is 1370. The first kappa shape index (κ1) is 24.7. The summed E-state index contributed by atoms with van der Waals surface area (Å²) in [7, 11) is 1.53. The van der Waals surface area contributed by atoms with Gasteiger partial charge in [-0.2, -0.15) is 0 Å². The van der Waals surface area contributed by atoms with Gasteiger partial charge in [0.1, 0.15) is 11.5 Å². The van der Waals surface area contributed by atoms with Crippen LogP contribution in [0.3, 0.4) is 0 Å². The number of halogens is 3. The van der Waals surface area contributed by atoms with Crippen molar-refractivity contribution in [3.8, 4) is 11.5 Å². The molecule has 1 heterocycles. The third-order valence-electron chi connectivity index (χ3n) is 4.72. The van der Waals surface area contributed by atoms with E-state index in [1.165, 1.54) is 7.11 Å². The molecule has 0 saturated heterocycles. The van der Waals surface area contributed by atoms with E-state index in [1.807, 2.05) is 30.3 Å². The van der Waals surface area contributed by atoms with Gasteiger partial charge in [0.05, 0.1) is 21.7 Å². The van der Waals surface area contributed by atoms with Crippen LogP contribution in [0.15, 0.2) is 64.7 Å². The van der Waals surface area contributed by atoms with Gasteiger partial charge in [-0.3, -0.25) is 0 Å². The third kappa shape index (κ3) is 5.80. The summed E-state index contributed by atoms with van der Waals surface area (Å²) in [4.78, 5) is 19.6. The van der Waals surface area contributed by atoms with Crippen LogP contribution in [0, 0.1) is 3.57 Å². The molecule has 2 N–H and O–H groups in total. The molecule has 10 heteroatoms. The highest BCUT2D eigenvalue weighted by molar-refractivity contribution is 14.1. The highest BCUT2D eigenvalue weighted by Gasteiger charge is 2.16. The molecule has 0 aliphatic carbocycles. The van der Waals surface area contributed by atoms with E-state index >= 15 is 0 Å². The normalized spacial score (nSPS) is 11.6. The van der Waals surface area contributed by atoms with E-state index in [9.17, 15) is 9.90 Å². The SMILES string of the molecule is COc1cc(/C=C(\Sc2nc3ccccc3[nH]2)C(=O)O)cc(I)c1OCc1ccc(Cl)cc1Cl. The number of para-hydroxylation sites is 2. The summed E-state index contributed by atoms with van der Waals surface area (Å²) in [5.74, 6) is -0.0491. The van der Waals surface area contributed by atoms with Crippen molar-refractivity contribution in [1.82, 2.24) is 9.97 Å². The van der Waals surface area contributed by atoms with Crippen molar-refractivity contribution in [1.29, 1.82) is 0 Å². The van der Waals surface area contributed by atoms with E-state index in [1.54, 1.807) is 30.3 Å². The van der Waals surface area contributed by atoms with Gasteiger partial charge in [0.25, 0.3) is 0 Å². The summed E-state index contributed by atoms with van der Waals surface area (Å²) in [6.07, 6.45) is 1.57. The molecule has 0 bridgehead atoms. The fraction of sp³-hybridized carbons (Fsp3) is 0.0833. The number of aromatic nitrogens is 2. The van der Waals surface area contributed by atoms with Crippen molar-refractivity contribution >= 4 is 80.6 Å². The number of nitrogens with one attached hydrogen (secondary N) is 1. The topological polar surface area (TPSA) is 84.4 Å². The molecule has 4 rings (SSSR count). The number of imidazole rings is 1. The van der Waals surface area contributed by atoms with Crippen LogP contribution in [0.25, 0.3) is 17.1 Å². The molecule has 0 aliphatic heterocycles. The Morgan fingerprint density at radius 1 is 1.21 bits per heavy atom. The lowest BCUT2D eigenvalue weighted by Gasteiger charge is -2.14. The molecule has 34 heavy (non-hydrogen) atoms. The van der Waals surface area contributed by atoms with E-state index in [0.29, 0.717) is 32.3 Å². The summed E-state index contributed by atoms with van der Waals surface area (Å²) in [6.45, 7) is 0.222. The van der Waals surface area contributed by atoms with Crippen LogP contribution in [-0.2, 0) is 11.4 Å². The second-order valence-corrected chi connectivity index (χ2v) is 10.1. The summed E-state index contributed by atoms with van der Waals surface area (Å²) >= 11 is 15.4. The number of methoxy groups -OCH3 is 1. The summed E-state index contributed by atoms with van der Waals surface area (Å²) in [5.41, 5.74) is 3.05. The van der Waals surface area contributed by atoms with Gasteiger partial charge in [-0.05, 0) is 82.4 Å². The zero-order valence-corrected chi connectivity index (χ0v) is 22.1. The number of H-pyrrole nitrogens is 1. The Hall–Kier alpha value is -2.40. The van der Waals surface area contributed by atoms with Gasteiger partial charge in [-0.25, -0.2) is 9.78 Å². The van der Waals surface area contributed by atoms with Gasteiger partial charge in [0.2, 0.25) is 0 Å². The van der Waals surface area contributed by atoms with Crippen molar-refractivity contribution in [2.45, 2.75) is 11.8 Å². The van der Waals surface area contributed by atoms with E-state index in [-0.39, 0.29) is 11.5 Å². The van der Waals surface area contributed by atoms with Gasteiger partial charge >= 0.3 is 5.97 Å². The van der Waals surface area contributed by atoms with Crippen LogP contribution in [0.1, 0.15) is 11.1 Å². The molecule has 174 valence electrons. The number of rotatable bonds is 8. The number of thioether (sulfide) groups is 1. The second kappa shape index (κ2) is 10.9. The molecule has 1 aromatic heterocycles. The summed E-state index contributed by atoms with van der Waals surface area (Å²) < 4.78 is 12.3. The monoisotopic (exact) mass is 626 g/mol. The Kier molecular flexibility index (Phi) is 7.92. The zero-order chi connectivity index (χ0) is 24.2. The van der Waals surface area contributed by atoms with E-state index in [0.717, 1.165) is 31.9 Å². The van der Waals surface area contributed by atoms with Crippen molar-refractivity contribution in [2.24, 2.45) is 0 Å². The van der Waals surface area contributed by atoms with Crippen molar-refractivity contribution in [3.05, 3.63) is 84.2 Å². The minimum absolute atomic E-state index is 0.110. The quantitative estimate of drug-likeness (QED) is 0.121. The van der Waals surface area contributed by atoms with Crippen molar-refractivity contribution < 1.29 is 19.4 Å². The van der Waals surface area contributed by atoms with Crippen LogP contribution < -0.4 is 9.47 Å². The molecular formula is C24H17Cl2IN2O4S. The predicted octanol–water partition coefficient (Wildman–Crippen LogP) is 7.28. The number of hydrogen-bond acceptors (Lipinski definition) is 5. The van der Waals surface area contributed by atoms with Crippen molar-refractivity contribution in [2.75, 3.05) is 7.11 Å². The number of ether oxygens (including phenoxy) is 2. The number of aromatic amines is 1. The number of carbonyl (C=O) groups is 1. The first-order chi connectivity index (χ1) is 16.3. The first-order valence-corrected chi connectivity index (χ1v) is 12.5. The number of carboxylic acids is 1. The van der Waals surface area contributed by atoms with Crippen LogP contribution in [0.5, 0.6) is 11.5 Å². The third-order valence-corrected chi connectivity index (χ3v) is 7.01. The van der Waals surface area contributed by atoms with E-state index in [4.69, 9.17) is 32.7 Å². The molecule has 0 spiro atoms. The van der Waals surface area contributed by atoms with Gasteiger partial charge in [0, 0.05) is 15.6 Å². The maximum Gasteiger partial charge on any atom is 0.342 e. The van der Waals surface area contributed by atoms with Gasteiger partial charge in [-0.1, -0.05) is 41.4 Å². The maximum absolute atomic E-state index is 11.9. The Balaban J connectivity index is 1.59. The van der Waals surface area contributed by atoms with E-state index < -0.39 is 5.97 Å². The maximum atomic E-state index is 11.9. The molecular weight excluding hydrogens is 610 g/mol. The standard InChI is InChI=1S/C24H17Cl2IN2O4S/c1-32-20-9-13(8-17(27)22(20)33-12-14-6-7-15(25)11-16(14)26)10-21(23(30)31)34-24-28-18-4-2-3-5-19(18)29-24/h2-11H,12H2,1H3,(H,28,29)(H,30,31)/b21-10-. The minimum Gasteiger partial charge on any atom is -0.493 e. The first-order valence-electron chi connectivity index (χ1n) is 9.86. The molecule has 6 nitrogen and oxygen atoms in total. The number of aliphatic carboxylic acids is 1. The fourth-order valence-corrected chi connectivity index (χ4v) is 5.16. The Morgan fingerprint density at radius 3 is 2.71 bits per heavy atom. The van der Waals surface area contributed by atoms with Crippen molar-refractivity contribution in [3.63, 3.8) is 0 Å². The molecule has 0 saturated carbocycles. The summed E-state index contributed by atoms with van der Waals surface area (Å²) in [5, 5.41) is 11.3. The van der Waals surface area contributed by atoms with Gasteiger partial charge in [0.15, 0.2) is 16.7 Å². The lowest BCUT2D eigenvalue weighted by molar-refractivity contribution is -0.131. The highest BCUT2D eigenvalue weighted by Crippen LogP contribution is 2.37. The average molecular weight is 627 g/mol. The largest absolute Gasteiger partial charge is 0.493 e. The Morgan fingerprint density at radius 2 is 2.00 bits per heavy atom. The molecule has 4 aromatic rings. The minimum atomic E-state index is -1.06. The predicted molar refractivity (Wildman–Crippen MR) is 144 cm³/mol. The smallest absolute Gasteiger partial charge is 0.342 e. The second-order valence-electron chi connectivity index (χ2n) is 7.03. The van der Waals surface area contributed by atoms with Crippen LogP contribution in [-0.4, -0.2) is 28.2 Å². The molecule has 0 atom stereocenters. The van der Waals surface area contributed by atoms with E-state index in [2.05, 4.69) is 32.6 Å². The molecule has 0 amide bonds. The number of nitrogens with zero attached hydrogens (tertiary/aromatic N) is 1. The Labute approximate surface area is 223 Å². The lowest BCUT2D eigenvalue weighted by Crippen LogP contribution is -2.01. The number of benzene rings is 3. The fourth-order valence-electron chi connectivity index (χ4n) is 3.12. The number of carboxylic acid groups (broad SMARTS) is 1. The molecule has 0 radical (unpaired) electrons.